The molecule has 2 aromatic rings. The van der Waals surface area contributed by atoms with Gasteiger partial charge in [0, 0.05) is 63.0 Å². The Labute approximate surface area is 263 Å². The maximum absolute atomic E-state index is 12.6. The van der Waals surface area contributed by atoms with Crippen molar-refractivity contribution in [1.29, 1.82) is 5.26 Å². The number of rotatable bonds is 8. The summed E-state index contributed by atoms with van der Waals surface area (Å²) in [6.45, 7) is 16.1. The Morgan fingerprint density at radius 3 is 2.44 bits per heavy atom. The molecule has 10 nitrogen and oxygen atoms in total. The van der Waals surface area contributed by atoms with Crippen molar-refractivity contribution in [2.75, 3.05) is 57.3 Å². The zero-order valence-corrected chi connectivity index (χ0v) is 27.8. The summed E-state index contributed by atoms with van der Waals surface area (Å²) < 4.78 is 19.1. The molecule has 3 saturated heterocycles. The Hall–Kier alpha value is -2.84. The van der Waals surface area contributed by atoms with Crippen LogP contribution in [0, 0.1) is 16.7 Å². The first-order valence-corrected chi connectivity index (χ1v) is 16.5. The second kappa shape index (κ2) is 13.0. The molecule has 1 aromatic carbocycles. The van der Waals surface area contributed by atoms with Crippen LogP contribution in [-0.2, 0) is 11.2 Å². The number of benzene rings is 1. The number of fused-ring (bicyclic) bond motifs is 1. The molecule has 0 N–H and O–H groups in total. The summed E-state index contributed by atoms with van der Waals surface area (Å²) >= 11 is 3.79. The van der Waals surface area contributed by atoms with Crippen LogP contribution in [0.25, 0.3) is 10.9 Å². The number of hydrogen-bond acceptors (Lipinski definition) is 9. The topological polar surface area (TPSA) is 104 Å². The van der Waals surface area contributed by atoms with Crippen LogP contribution >= 0.6 is 15.9 Å². The van der Waals surface area contributed by atoms with E-state index in [0.717, 1.165) is 110 Å². The molecule has 0 aliphatic carbocycles. The van der Waals surface area contributed by atoms with Gasteiger partial charge in [0.2, 0.25) is 0 Å². The number of aromatic nitrogens is 2. The fourth-order valence-corrected chi connectivity index (χ4v) is 7.09. The molecule has 1 aromatic heterocycles. The number of ether oxygens (including phenoxy) is 3. The molecule has 43 heavy (non-hydrogen) atoms. The van der Waals surface area contributed by atoms with E-state index in [2.05, 4.69) is 44.8 Å². The summed E-state index contributed by atoms with van der Waals surface area (Å²) in [7, 11) is 0. The highest BCUT2D eigenvalue weighted by molar-refractivity contribution is 9.10. The molecule has 11 heteroatoms. The van der Waals surface area contributed by atoms with Crippen LogP contribution in [0.3, 0.4) is 0 Å². The summed E-state index contributed by atoms with van der Waals surface area (Å²) in [5.74, 6) is 1.62. The van der Waals surface area contributed by atoms with E-state index in [1.807, 2.05) is 32.6 Å². The Morgan fingerprint density at radius 1 is 1.14 bits per heavy atom. The molecule has 1 amide bonds. The highest BCUT2D eigenvalue weighted by atomic mass is 79.9. The van der Waals surface area contributed by atoms with Crippen molar-refractivity contribution in [2.45, 2.75) is 84.8 Å². The van der Waals surface area contributed by atoms with Crippen molar-refractivity contribution >= 4 is 38.7 Å². The Bertz CT molecular complexity index is 1350. The van der Waals surface area contributed by atoms with Crippen LogP contribution in [0.1, 0.15) is 72.3 Å². The van der Waals surface area contributed by atoms with Gasteiger partial charge in [-0.05, 0) is 87.4 Å². The first-order chi connectivity index (χ1) is 20.5. The van der Waals surface area contributed by atoms with Crippen molar-refractivity contribution in [3.63, 3.8) is 0 Å². The molecule has 0 atom stereocenters. The second-order valence-electron chi connectivity index (χ2n) is 13.1. The largest absolute Gasteiger partial charge is 0.490 e. The molecule has 0 unspecified atom stereocenters. The monoisotopic (exact) mass is 656 g/mol. The van der Waals surface area contributed by atoms with Gasteiger partial charge in [-0.2, -0.15) is 15.2 Å². The summed E-state index contributed by atoms with van der Waals surface area (Å²) in [6.07, 6.45) is 4.90. The number of aryl methyl sites for hydroxylation is 1. The third-order valence-electron chi connectivity index (χ3n) is 8.76. The van der Waals surface area contributed by atoms with Gasteiger partial charge in [-0.3, -0.25) is 0 Å². The molecule has 1 spiro atoms. The zero-order valence-electron chi connectivity index (χ0n) is 26.2. The first kappa shape index (κ1) is 31.6. The second-order valence-corrected chi connectivity index (χ2v) is 13.9. The smallest absolute Gasteiger partial charge is 0.410 e. The molecule has 0 radical (unpaired) electrons. The summed E-state index contributed by atoms with van der Waals surface area (Å²) in [5, 5.41) is 9.91. The Morgan fingerprint density at radius 2 is 1.84 bits per heavy atom. The number of carbonyl (C=O) groups excluding carboxylic acids is 1. The standard InChI is InChI=1S/C32H45BrN6O4/c1-6-22-19-24-26(27(25(22)33)41-7-2)35-29(42-23-9-15-37(16-10-23)14-8-13-34)36-28(24)38-17-11-32(12-18-38)20-39(21-32)30(40)43-31(3,4)5/h19,23H,6-12,14-18,20-21H2,1-5H3. The van der Waals surface area contributed by atoms with Crippen molar-refractivity contribution in [1.82, 2.24) is 19.8 Å². The van der Waals surface area contributed by atoms with Crippen molar-refractivity contribution < 1.29 is 19.0 Å². The number of nitriles is 1. The minimum absolute atomic E-state index is 0.0240. The van der Waals surface area contributed by atoms with Gasteiger partial charge in [-0.25, -0.2) is 4.79 Å². The quantitative estimate of drug-likeness (QED) is 0.341. The highest BCUT2D eigenvalue weighted by Gasteiger charge is 2.48. The lowest BCUT2D eigenvalue weighted by Crippen LogP contribution is -2.62. The van der Waals surface area contributed by atoms with E-state index in [1.165, 1.54) is 0 Å². The molecular weight excluding hydrogens is 612 g/mol. The van der Waals surface area contributed by atoms with Gasteiger partial charge in [-0.1, -0.05) is 6.92 Å². The lowest BCUT2D eigenvalue weighted by Gasteiger charge is -2.53. The number of piperidine rings is 2. The number of carbonyl (C=O) groups is 1. The SMILES string of the molecule is CCOc1c(Br)c(CC)cc2c(N3CCC4(CC3)CN(C(=O)OC(C)(C)C)C4)nc(OC3CCN(CCC#N)CC3)nc12. The van der Waals surface area contributed by atoms with Crippen molar-refractivity contribution in [3.05, 3.63) is 16.1 Å². The Kier molecular flexibility index (Phi) is 9.57. The molecule has 3 aliphatic heterocycles. The van der Waals surface area contributed by atoms with Crippen LogP contribution in [0.15, 0.2) is 10.5 Å². The molecular formula is C32H45BrN6O4. The van der Waals surface area contributed by atoms with E-state index < -0.39 is 5.60 Å². The molecule has 4 heterocycles. The highest BCUT2D eigenvalue weighted by Crippen LogP contribution is 2.45. The third-order valence-corrected chi connectivity index (χ3v) is 9.63. The van der Waals surface area contributed by atoms with Gasteiger partial charge in [0.05, 0.1) is 17.1 Å². The van der Waals surface area contributed by atoms with Crippen LogP contribution in [-0.4, -0.2) is 90.0 Å². The molecule has 0 saturated carbocycles. The predicted octanol–water partition coefficient (Wildman–Crippen LogP) is 5.95. The zero-order chi connectivity index (χ0) is 30.8. The molecule has 3 aliphatic rings. The van der Waals surface area contributed by atoms with E-state index >= 15 is 0 Å². The minimum atomic E-state index is -0.488. The van der Waals surface area contributed by atoms with Gasteiger partial charge < -0.3 is 28.9 Å². The minimum Gasteiger partial charge on any atom is -0.490 e. The number of halogens is 1. The van der Waals surface area contributed by atoms with E-state index in [-0.39, 0.29) is 17.6 Å². The summed E-state index contributed by atoms with van der Waals surface area (Å²) in [4.78, 5) is 29.1. The molecule has 3 fully saturated rings. The number of likely N-dealkylation sites (tertiary alicyclic amines) is 2. The van der Waals surface area contributed by atoms with Crippen LogP contribution in [0.2, 0.25) is 0 Å². The number of anilines is 1. The average molecular weight is 658 g/mol. The number of nitrogens with zero attached hydrogens (tertiary/aromatic N) is 6. The fourth-order valence-electron chi connectivity index (χ4n) is 6.39. The maximum Gasteiger partial charge on any atom is 0.410 e. The first-order valence-electron chi connectivity index (χ1n) is 15.7. The van der Waals surface area contributed by atoms with Gasteiger partial charge >= 0.3 is 12.1 Å². The summed E-state index contributed by atoms with van der Waals surface area (Å²) in [5.41, 5.74) is 1.55. The van der Waals surface area contributed by atoms with E-state index in [0.29, 0.717) is 19.0 Å². The van der Waals surface area contributed by atoms with Gasteiger partial charge in [0.15, 0.2) is 5.75 Å². The molecule has 234 valence electrons. The molecule has 5 rings (SSSR count). The number of hydrogen-bond donors (Lipinski definition) is 0. The molecule has 0 bridgehead atoms. The van der Waals surface area contributed by atoms with Gasteiger partial charge in [0.25, 0.3) is 0 Å². The van der Waals surface area contributed by atoms with Crippen LogP contribution < -0.4 is 14.4 Å². The Balaban J connectivity index is 1.37. The van der Waals surface area contributed by atoms with E-state index in [1.54, 1.807) is 0 Å². The van der Waals surface area contributed by atoms with E-state index in [9.17, 15) is 4.79 Å². The summed E-state index contributed by atoms with van der Waals surface area (Å²) in [6, 6.07) is 4.81. The van der Waals surface area contributed by atoms with E-state index in [4.69, 9.17) is 29.4 Å². The maximum atomic E-state index is 12.6. The van der Waals surface area contributed by atoms with Crippen molar-refractivity contribution in [3.8, 4) is 17.8 Å². The van der Waals surface area contributed by atoms with Crippen molar-refractivity contribution in [2.24, 2.45) is 5.41 Å². The van der Waals surface area contributed by atoms with Gasteiger partial charge in [-0.15, -0.1) is 0 Å². The fraction of sp³-hybridized carbons (Fsp3) is 0.688. The van der Waals surface area contributed by atoms with Gasteiger partial charge in [0.1, 0.15) is 23.0 Å². The predicted molar refractivity (Wildman–Crippen MR) is 170 cm³/mol. The lowest BCUT2D eigenvalue weighted by molar-refractivity contribution is -0.0434. The lowest BCUT2D eigenvalue weighted by atomic mass is 9.72. The third kappa shape index (κ3) is 7.12. The number of amides is 1. The van der Waals surface area contributed by atoms with Crippen LogP contribution in [0.5, 0.6) is 11.8 Å². The normalized spacial score (nSPS) is 19.3. The van der Waals surface area contributed by atoms with Crippen LogP contribution in [0.4, 0.5) is 10.6 Å². The average Bonchev–Trinajstić information content (AvgIpc) is 2.96.